The topological polar surface area (TPSA) is 97.1 Å². The summed E-state index contributed by atoms with van der Waals surface area (Å²) in [7, 11) is 0. The molecule has 0 atom stereocenters. The number of fused-ring (bicyclic) bond motifs is 1. The van der Waals surface area contributed by atoms with Crippen LogP contribution < -0.4 is 16.6 Å². The highest BCUT2D eigenvalue weighted by Crippen LogP contribution is 2.10. The number of benzene rings is 2. The SMILES string of the molecule is O=C(NCc1ccccc1)c1ccc2c(=O)n(Cc3ccco3)c(=O)[nH]c2c1. The monoisotopic (exact) mass is 375 g/mol. The lowest BCUT2D eigenvalue weighted by Crippen LogP contribution is -2.35. The van der Waals surface area contributed by atoms with Crippen LogP contribution in [-0.4, -0.2) is 15.5 Å². The zero-order valence-electron chi connectivity index (χ0n) is 14.8. The van der Waals surface area contributed by atoms with Gasteiger partial charge >= 0.3 is 5.69 Å². The van der Waals surface area contributed by atoms with Crippen molar-refractivity contribution in [3.8, 4) is 0 Å². The second-order valence-corrected chi connectivity index (χ2v) is 6.33. The van der Waals surface area contributed by atoms with Gasteiger partial charge in [-0.15, -0.1) is 0 Å². The largest absolute Gasteiger partial charge is 0.467 e. The first-order chi connectivity index (χ1) is 13.6. The summed E-state index contributed by atoms with van der Waals surface area (Å²) in [6.45, 7) is 0.426. The zero-order valence-corrected chi connectivity index (χ0v) is 14.8. The van der Waals surface area contributed by atoms with E-state index in [1.54, 1.807) is 24.3 Å². The molecule has 7 nitrogen and oxygen atoms in total. The highest BCUT2D eigenvalue weighted by atomic mass is 16.3. The van der Waals surface area contributed by atoms with E-state index < -0.39 is 11.2 Å². The third-order valence-electron chi connectivity index (χ3n) is 4.43. The van der Waals surface area contributed by atoms with E-state index in [1.165, 1.54) is 12.3 Å². The summed E-state index contributed by atoms with van der Waals surface area (Å²) in [6, 6.07) is 17.5. The van der Waals surface area contributed by atoms with Crippen LogP contribution in [0.15, 0.2) is 80.9 Å². The number of amides is 1. The maximum atomic E-state index is 12.7. The molecule has 0 saturated heterocycles. The van der Waals surface area contributed by atoms with E-state index in [0.717, 1.165) is 10.1 Å². The van der Waals surface area contributed by atoms with Gasteiger partial charge in [-0.3, -0.25) is 14.2 Å². The second-order valence-electron chi connectivity index (χ2n) is 6.33. The van der Waals surface area contributed by atoms with Gasteiger partial charge in [0.05, 0.1) is 23.7 Å². The first kappa shape index (κ1) is 17.5. The van der Waals surface area contributed by atoms with Crippen LogP contribution in [0.2, 0.25) is 0 Å². The van der Waals surface area contributed by atoms with Gasteiger partial charge in [0.15, 0.2) is 0 Å². The molecule has 0 spiro atoms. The summed E-state index contributed by atoms with van der Waals surface area (Å²) in [5.41, 5.74) is 0.660. The molecule has 4 rings (SSSR count). The van der Waals surface area contributed by atoms with Gasteiger partial charge in [0.25, 0.3) is 11.5 Å². The van der Waals surface area contributed by atoms with Crippen molar-refractivity contribution in [2.45, 2.75) is 13.1 Å². The number of H-pyrrole nitrogens is 1. The van der Waals surface area contributed by atoms with Gasteiger partial charge in [-0.2, -0.15) is 0 Å². The Hall–Kier alpha value is -3.87. The van der Waals surface area contributed by atoms with E-state index >= 15 is 0 Å². The fourth-order valence-corrected chi connectivity index (χ4v) is 2.98. The highest BCUT2D eigenvalue weighted by molar-refractivity contribution is 5.97. The number of hydrogen-bond acceptors (Lipinski definition) is 4. The van der Waals surface area contributed by atoms with Gasteiger partial charge in [-0.25, -0.2) is 4.79 Å². The molecule has 1 amide bonds. The van der Waals surface area contributed by atoms with Crippen LogP contribution >= 0.6 is 0 Å². The number of furan rings is 1. The lowest BCUT2D eigenvalue weighted by atomic mass is 10.1. The summed E-state index contributed by atoms with van der Waals surface area (Å²) < 4.78 is 6.27. The van der Waals surface area contributed by atoms with Crippen molar-refractivity contribution in [2.75, 3.05) is 0 Å². The lowest BCUT2D eigenvalue weighted by Gasteiger charge is -2.08. The average Bonchev–Trinajstić information content (AvgIpc) is 3.23. The number of nitrogens with zero attached hydrogens (tertiary/aromatic N) is 1. The first-order valence-electron chi connectivity index (χ1n) is 8.73. The molecule has 7 heteroatoms. The van der Waals surface area contributed by atoms with Crippen molar-refractivity contribution >= 4 is 16.8 Å². The summed E-state index contributed by atoms with van der Waals surface area (Å²) in [5.74, 6) is 0.218. The van der Waals surface area contributed by atoms with Gasteiger partial charge in [-0.05, 0) is 35.9 Å². The molecule has 0 unspecified atom stereocenters. The van der Waals surface area contributed by atoms with Crippen LogP contribution in [0.25, 0.3) is 10.9 Å². The number of carbonyl (C=O) groups is 1. The van der Waals surface area contributed by atoms with Gasteiger partial charge in [0.2, 0.25) is 0 Å². The Morgan fingerprint density at radius 1 is 1.04 bits per heavy atom. The number of carbonyl (C=O) groups excluding carboxylic acids is 1. The van der Waals surface area contributed by atoms with E-state index in [9.17, 15) is 14.4 Å². The van der Waals surface area contributed by atoms with Crippen molar-refractivity contribution < 1.29 is 9.21 Å². The molecule has 2 heterocycles. The van der Waals surface area contributed by atoms with Crippen LogP contribution in [0.4, 0.5) is 0 Å². The molecular weight excluding hydrogens is 358 g/mol. The highest BCUT2D eigenvalue weighted by Gasteiger charge is 2.12. The third kappa shape index (κ3) is 3.50. The first-order valence-corrected chi connectivity index (χ1v) is 8.73. The molecule has 4 aromatic rings. The second kappa shape index (κ2) is 7.40. The van der Waals surface area contributed by atoms with Gasteiger partial charge < -0.3 is 14.7 Å². The molecule has 2 aromatic carbocycles. The van der Waals surface area contributed by atoms with E-state index in [-0.39, 0.29) is 12.5 Å². The van der Waals surface area contributed by atoms with E-state index in [0.29, 0.717) is 28.8 Å². The predicted octanol–water partition coefficient (Wildman–Crippen LogP) is 2.26. The third-order valence-corrected chi connectivity index (χ3v) is 4.43. The Morgan fingerprint density at radius 2 is 1.86 bits per heavy atom. The standard InChI is InChI=1S/C21H17N3O4/c25-19(22-12-14-5-2-1-3-6-14)15-8-9-17-18(11-15)23-21(27)24(20(17)26)13-16-7-4-10-28-16/h1-11H,12-13H2,(H,22,25)(H,23,27). The van der Waals surface area contributed by atoms with Crippen molar-refractivity contribution in [1.29, 1.82) is 0 Å². The molecule has 2 N–H and O–H groups in total. The Balaban J connectivity index is 1.61. The number of rotatable bonds is 5. The van der Waals surface area contributed by atoms with E-state index in [2.05, 4.69) is 10.3 Å². The predicted molar refractivity (Wildman–Crippen MR) is 104 cm³/mol. The average molecular weight is 375 g/mol. The Labute approximate surface area is 159 Å². The normalized spacial score (nSPS) is 10.9. The quantitative estimate of drug-likeness (QED) is 0.559. The number of aromatic nitrogens is 2. The Morgan fingerprint density at radius 3 is 2.61 bits per heavy atom. The van der Waals surface area contributed by atoms with Crippen LogP contribution in [0, 0.1) is 0 Å². The molecule has 0 saturated carbocycles. The molecular formula is C21H17N3O4. The molecule has 2 aromatic heterocycles. The van der Waals surface area contributed by atoms with Crippen molar-refractivity contribution in [3.63, 3.8) is 0 Å². The molecule has 28 heavy (non-hydrogen) atoms. The fourth-order valence-electron chi connectivity index (χ4n) is 2.98. The van der Waals surface area contributed by atoms with Crippen LogP contribution in [0.5, 0.6) is 0 Å². The van der Waals surface area contributed by atoms with Crippen LogP contribution in [0.1, 0.15) is 21.7 Å². The molecule has 140 valence electrons. The van der Waals surface area contributed by atoms with Gasteiger partial charge in [-0.1, -0.05) is 30.3 Å². The maximum Gasteiger partial charge on any atom is 0.329 e. The summed E-state index contributed by atoms with van der Waals surface area (Å²) in [5, 5.41) is 3.15. The van der Waals surface area contributed by atoms with Crippen molar-refractivity contribution in [3.05, 3.63) is 105 Å². The Kier molecular flexibility index (Phi) is 4.63. The van der Waals surface area contributed by atoms with Gasteiger partial charge in [0.1, 0.15) is 5.76 Å². The fraction of sp³-hybridized carbons (Fsp3) is 0.0952. The Bertz CT molecular complexity index is 1240. The molecule has 0 aliphatic rings. The number of hydrogen-bond donors (Lipinski definition) is 2. The van der Waals surface area contributed by atoms with Crippen LogP contribution in [0.3, 0.4) is 0 Å². The number of nitrogens with one attached hydrogen (secondary N) is 2. The molecule has 0 aliphatic carbocycles. The molecule has 0 fully saturated rings. The maximum absolute atomic E-state index is 12.7. The molecule has 0 bridgehead atoms. The minimum Gasteiger partial charge on any atom is -0.467 e. The lowest BCUT2D eigenvalue weighted by molar-refractivity contribution is 0.0951. The van der Waals surface area contributed by atoms with E-state index in [4.69, 9.17) is 4.42 Å². The minimum absolute atomic E-state index is 0.0381. The molecule has 0 radical (unpaired) electrons. The van der Waals surface area contributed by atoms with Crippen molar-refractivity contribution in [2.24, 2.45) is 0 Å². The van der Waals surface area contributed by atoms with Crippen molar-refractivity contribution in [1.82, 2.24) is 14.9 Å². The summed E-state index contributed by atoms with van der Waals surface area (Å²) in [6.07, 6.45) is 1.48. The van der Waals surface area contributed by atoms with Gasteiger partial charge in [0, 0.05) is 12.1 Å². The smallest absolute Gasteiger partial charge is 0.329 e. The summed E-state index contributed by atoms with van der Waals surface area (Å²) in [4.78, 5) is 40.1. The zero-order chi connectivity index (χ0) is 19.5. The number of aromatic amines is 1. The summed E-state index contributed by atoms with van der Waals surface area (Å²) >= 11 is 0. The molecule has 0 aliphatic heterocycles. The van der Waals surface area contributed by atoms with Crippen LogP contribution in [-0.2, 0) is 13.1 Å². The minimum atomic E-state index is -0.559. The van der Waals surface area contributed by atoms with E-state index in [1.807, 2.05) is 30.3 Å².